The van der Waals surface area contributed by atoms with Crippen molar-refractivity contribution in [3.8, 4) is 0 Å². The van der Waals surface area contributed by atoms with Gasteiger partial charge in [-0.05, 0) is 32.3 Å². The second-order valence-corrected chi connectivity index (χ2v) is 7.61. The smallest absolute Gasteiger partial charge is 0.306 e. The number of carboxylic acids is 1. The maximum absolute atomic E-state index is 11.7. The Balaban J connectivity index is 2.68. The first-order valence-electron chi connectivity index (χ1n) is 6.31. The standard InChI is InChI=1S/C14H20O4S/c1-11(2)19(17,18)9-8-13(14(15)16)10-12-6-4-3-5-7-12/h3-7,11,13H,8-10H2,1-2H3,(H,15,16). The summed E-state index contributed by atoms with van der Waals surface area (Å²) in [5, 5.41) is 8.72. The van der Waals surface area contributed by atoms with Crippen molar-refractivity contribution in [2.75, 3.05) is 5.75 Å². The minimum Gasteiger partial charge on any atom is -0.481 e. The maximum atomic E-state index is 11.7. The van der Waals surface area contributed by atoms with Crippen LogP contribution in [0.2, 0.25) is 0 Å². The van der Waals surface area contributed by atoms with Gasteiger partial charge >= 0.3 is 5.97 Å². The molecular formula is C14H20O4S. The summed E-state index contributed by atoms with van der Waals surface area (Å²) in [6.45, 7) is 3.23. The van der Waals surface area contributed by atoms with E-state index in [0.717, 1.165) is 5.56 Å². The number of carboxylic acid groups (broad SMARTS) is 1. The van der Waals surface area contributed by atoms with Crippen LogP contribution in [0.5, 0.6) is 0 Å². The van der Waals surface area contributed by atoms with E-state index in [-0.39, 0.29) is 12.2 Å². The quantitative estimate of drug-likeness (QED) is 0.832. The summed E-state index contributed by atoms with van der Waals surface area (Å²) in [4.78, 5) is 11.2. The van der Waals surface area contributed by atoms with Gasteiger partial charge in [-0.15, -0.1) is 0 Å². The lowest BCUT2D eigenvalue weighted by molar-refractivity contribution is -0.141. The fraction of sp³-hybridized carbons (Fsp3) is 0.500. The molecule has 1 N–H and O–H groups in total. The van der Waals surface area contributed by atoms with Gasteiger partial charge in [0.2, 0.25) is 0 Å². The van der Waals surface area contributed by atoms with Gasteiger partial charge in [0.05, 0.1) is 16.9 Å². The van der Waals surface area contributed by atoms with Crippen molar-refractivity contribution < 1.29 is 18.3 Å². The monoisotopic (exact) mass is 284 g/mol. The van der Waals surface area contributed by atoms with Gasteiger partial charge in [0.1, 0.15) is 0 Å². The molecule has 0 saturated carbocycles. The molecule has 0 radical (unpaired) electrons. The van der Waals surface area contributed by atoms with Gasteiger partial charge in [0.15, 0.2) is 9.84 Å². The van der Waals surface area contributed by atoms with E-state index in [1.165, 1.54) is 0 Å². The van der Waals surface area contributed by atoms with Crippen molar-refractivity contribution in [1.82, 2.24) is 0 Å². The van der Waals surface area contributed by atoms with Crippen molar-refractivity contribution in [3.05, 3.63) is 35.9 Å². The first-order chi connectivity index (χ1) is 8.83. The lowest BCUT2D eigenvalue weighted by atomic mass is 9.97. The predicted molar refractivity (Wildman–Crippen MR) is 74.8 cm³/mol. The van der Waals surface area contributed by atoms with Gasteiger partial charge in [-0.25, -0.2) is 8.42 Å². The van der Waals surface area contributed by atoms with Gasteiger partial charge in [-0.3, -0.25) is 4.79 Å². The van der Waals surface area contributed by atoms with Gasteiger partial charge in [-0.1, -0.05) is 30.3 Å². The third kappa shape index (κ3) is 5.03. The zero-order chi connectivity index (χ0) is 14.5. The molecule has 0 aliphatic carbocycles. The molecule has 1 aromatic carbocycles. The van der Waals surface area contributed by atoms with Crippen LogP contribution >= 0.6 is 0 Å². The summed E-state index contributed by atoms with van der Waals surface area (Å²) >= 11 is 0. The number of aliphatic carboxylic acids is 1. The molecule has 0 saturated heterocycles. The van der Waals surface area contributed by atoms with Crippen LogP contribution < -0.4 is 0 Å². The summed E-state index contributed by atoms with van der Waals surface area (Å²) < 4.78 is 23.4. The lowest BCUT2D eigenvalue weighted by Gasteiger charge is -2.14. The van der Waals surface area contributed by atoms with E-state index in [9.17, 15) is 18.3 Å². The molecule has 0 fully saturated rings. The summed E-state index contributed by atoms with van der Waals surface area (Å²) in [7, 11) is -3.18. The highest BCUT2D eigenvalue weighted by molar-refractivity contribution is 7.91. The minimum absolute atomic E-state index is 0.0749. The van der Waals surface area contributed by atoms with Crippen LogP contribution in [-0.2, 0) is 21.1 Å². The van der Waals surface area contributed by atoms with E-state index in [1.54, 1.807) is 13.8 Å². The molecule has 106 valence electrons. The maximum Gasteiger partial charge on any atom is 0.306 e. The Morgan fingerprint density at radius 3 is 2.26 bits per heavy atom. The Morgan fingerprint density at radius 2 is 1.79 bits per heavy atom. The van der Waals surface area contributed by atoms with Crippen LogP contribution in [-0.4, -0.2) is 30.5 Å². The molecule has 19 heavy (non-hydrogen) atoms. The van der Waals surface area contributed by atoms with Crippen LogP contribution in [0.1, 0.15) is 25.8 Å². The highest BCUT2D eigenvalue weighted by Crippen LogP contribution is 2.15. The average molecular weight is 284 g/mol. The highest BCUT2D eigenvalue weighted by Gasteiger charge is 2.23. The van der Waals surface area contributed by atoms with Gasteiger partial charge < -0.3 is 5.11 Å². The van der Waals surface area contributed by atoms with Crippen LogP contribution in [0.4, 0.5) is 0 Å². The number of hydrogen-bond acceptors (Lipinski definition) is 3. The molecule has 4 nitrogen and oxygen atoms in total. The molecule has 0 bridgehead atoms. The van der Waals surface area contributed by atoms with Gasteiger partial charge in [0.25, 0.3) is 0 Å². The molecule has 0 heterocycles. The topological polar surface area (TPSA) is 71.4 Å². The van der Waals surface area contributed by atoms with E-state index in [0.29, 0.717) is 6.42 Å². The fourth-order valence-corrected chi connectivity index (χ4v) is 2.84. The van der Waals surface area contributed by atoms with Crippen molar-refractivity contribution in [2.24, 2.45) is 5.92 Å². The van der Waals surface area contributed by atoms with Crippen molar-refractivity contribution >= 4 is 15.8 Å². The van der Waals surface area contributed by atoms with Crippen LogP contribution in [0.25, 0.3) is 0 Å². The van der Waals surface area contributed by atoms with Crippen molar-refractivity contribution in [1.29, 1.82) is 0 Å². The highest BCUT2D eigenvalue weighted by atomic mass is 32.2. The lowest BCUT2D eigenvalue weighted by Crippen LogP contribution is -2.24. The van der Waals surface area contributed by atoms with Crippen molar-refractivity contribution in [3.63, 3.8) is 0 Å². The normalized spacial score (nSPS) is 13.4. The minimum atomic E-state index is -3.18. The zero-order valence-corrected chi connectivity index (χ0v) is 12.1. The number of rotatable bonds is 7. The Hall–Kier alpha value is -1.36. The number of sulfone groups is 1. The van der Waals surface area contributed by atoms with E-state index >= 15 is 0 Å². The number of hydrogen-bond donors (Lipinski definition) is 1. The Labute approximate surface area is 114 Å². The number of carbonyl (C=O) groups is 1. The second kappa shape index (κ2) is 6.70. The fourth-order valence-electron chi connectivity index (χ4n) is 1.75. The molecule has 1 aromatic rings. The summed E-state index contributed by atoms with van der Waals surface area (Å²) in [5.41, 5.74) is 0.914. The third-order valence-electron chi connectivity index (χ3n) is 3.14. The molecule has 0 aliphatic rings. The SMILES string of the molecule is CC(C)S(=O)(=O)CCC(Cc1ccccc1)C(=O)O. The largest absolute Gasteiger partial charge is 0.481 e. The van der Waals surface area contributed by atoms with Crippen molar-refractivity contribution in [2.45, 2.75) is 31.9 Å². The van der Waals surface area contributed by atoms with E-state index in [2.05, 4.69) is 0 Å². The third-order valence-corrected chi connectivity index (χ3v) is 5.38. The molecule has 5 heteroatoms. The van der Waals surface area contributed by atoms with E-state index in [1.807, 2.05) is 30.3 Å². The molecule has 0 spiro atoms. The van der Waals surface area contributed by atoms with Gasteiger partial charge in [-0.2, -0.15) is 0 Å². The summed E-state index contributed by atoms with van der Waals surface area (Å²) in [5.74, 6) is -1.67. The summed E-state index contributed by atoms with van der Waals surface area (Å²) in [6, 6.07) is 9.26. The molecule has 1 rings (SSSR count). The Morgan fingerprint density at radius 1 is 1.21 bits per heavy atom. The van der Waals surface area contributed by atoms with Gasteiger partial charge in [0, 0.05) is 0 Å². The van der Waals surface area contributed by atoms with E-state index in [4.69, 9.17) is 0 Å². The molecular weight excluding hydrogens is 264 g/mol. The van der Waals surface area contributed by atoms with Crippen LogP contribution in [0.15, 0.2) is 30.3 Å². The first-order valence-corrected chi connectivity index (χ1v) is 8.02. The molecule has 0 amide bonds. The zero-order valence-electron chi connectivity index (χ0n) is 11.2. The Kier molecular flexibility index (Phi) is 5.54. The Bertz CT molecular complexity index is 506. The molecule has 0 aliphatic heterocycles. The molecule has 1 atom stereocenters. The average Bonchev–Trinajstić information content (AvgIpc) is 2.35. The molecule has 0 aromatic heterocycles. The van der Waals surface area contributed by atoms with E-state index < -0.39 is 27.0 Å². The van der Waals surface area contributed by atoms with Crippen LogP contribution in [0.3, 0.4) is 0 Å². The predicted octanol–water partition coefficient (Wildman–Crippen LogP) is 2.14. The molecule has 1 unspecified atom stereocenters. The summed E-state index contributed by atoms with van der Waals surface area (Å²) in [6.07, 6.45) is 0.522. The number of benzene rings is 1. The second-order valence-electron chi connectivity index (χ2n) is 4.93. The first kappa shape index (κ1) is 15.7. The van der Waals surface area contributed by atoms with Crippen LogP contribution in [0, 0.1) is 5.92 Å².